The van der Waals surface area contributed by atoms with Gasteiger partial charge in [-0.05, 0) is 43.9 Å². The number of carbonyl (C=O) groups excluding carboxylic acids is 2. The van der Waals surface area contributed by atoms with Crippen LogP contribution in [0.1, 0.15) is 59.8 Å². The standard InChI is InChI=1S/C16H26N2O4/c1-5-15(3,4)11-6-8-16(9-7-11)13(21)18(14(22)17-16)10(2)12(19)20/h10-11H,5-9H2,1-4H3,(H,17,22)(H,19,20). The average molecular weight is 310 g/mol. The summed E-state index contributed by atoms with van der Waals surface area (Å²) < 4.78 is 0. The van der Waals surface area contributed by atoms with Crippen LogP contribution in [0.2, 0.25) is 0 Å². The second-order valence-electron chi connectivity index (χ2n) is 7.32. The van der Waals surface area contributed by atoms with Crippen molar-refractivity contribution in [2.75, 3.05) is 0 Å². The predicted octanol–water partition coefficient (Wildman–Crippen LogP) is 2.38. The maximum absolute atomic E-state index is 12.6. The Kier molecular flexibility index (Phi) is 4.24. The monoisotopic (exact) mass is 310 g/mol. The minimum absolute atomic E-state index is 0.224. The number of aliphatic carboxylic acids is 1. The lowest BCUT2D eigenvalue weighted by atomic mass is 9.65. The smallest absolute Gasteiger partial charge is 0.326 e. The molecule has 1 aliphatic carbocycles. The molecule has 1 atom stereocenters. The van der Waals surface area contributed by atoms with Crippen molar-refractivity contribution in [3.05, 3.63) is 0 Å². The third-order valence-corrected chi connectivity index (χ3v) is 5.79. The van der Waals surface area contributed by atoms with Gasteiger partial charge in [0.15, 0.2) is 0 Å². The Balaban J connectivity index is 2.13. The number of carbonyl (C=O) groups is 3. The van der Waals surface area contributed by atoms with Gasteiger partial charge in [-0.15, -0.1) is 0 Å². The molecule has 0 aromatic carbocycles. The molecule has 0 bridgehead atoms. The van der Waals surface area contributed by atoms with Crippen molar-refractivity contribution in [3.63, 3.8) is 0 Å². The minimum atomic E-state index is -1.17. The molecule has 2 fully saturated rings. The Bertz CT molecular complexity index is 492. The lowest BCUT2D eigenvalue weighted by molar-refractivity contribution is -0.147. The van der Waals surface area contributed by atoms with Gasteiger partial charge in [-0.2, -0.15) is 0 Å². The SMILES string of the molecule is CCC(C)(C)C1CCC2(CC1)NC(=O)N(C(C)C(=O)O)C2=O. The molecule has 0 radical (unpaired) electrons. The van der Waals surface area contributed by atoms with Crippen molar-refractivity contribution >= 4 is 17.9 Å². The molecule has 1 spiro atoms. The molecule has 1 heterocycles. The summed E-state index contributed by atoms with van der Waals surface area (Å²) >= 11 is 0. The molecule has 2 aliphatic rings. The van der Waals surface area contributed by atoms with E-state index >= 15 is 0 Å². The third kappa shape index (κ3) is 2.59. The molecule has 3 amide bonds. The molecule has 0 aromatic heterocycles. The van der Waals surface area contributed by atoms with Crippen molar-refractivity contribution in [3.8, 4) is 0 Å². The largest absolute Gasteiger partial charge is 0.480 e. The highest BCUT2D eigenvalue weighted by atomic mass is 16.4. The number of hydrogen-bond donors (Lipinski definition) is 2. The highest BCUT2D eigenvalue weighted by Crippen LogP contribution is 2.45. The number of amides is 3. The van der Waals surface area contributed by atoms with Gasteiger partial charge < -0.3 is 10.4 Å². The van der Waals surface area contributed by atoms with E-state index in [0.29, 0.717) is 18.8 Å². The number of carboxylic acids is 1. The van der Waals surface area contributed by atoms with Crippen molar-refractivity contribution in [1.29, 1.82) is 0 Å². The van der Waals surface area contributed by atoms with E-state index in [9.17, 15) is 14.4 Å². The molecule has 2 rings (SSSR count). The van der Waals surface area contributed by atoms with Crippen LogP contribution in [0.3, 0.4) is 0 Å². The van der Waals surface area contributed by atoms with Gasteiger partial charge in [-0.25, -0.2) is 14.5 Å². The Morgan fingerprint density at radius 2 is 1.95 bits per heavy atom. The van der Waals surface area contributed by atoms with E-state index < -0.39 is 23.6 Å². The average Bonchev–Trinajstić information content (AvgIpc) is 2.69. The van der Waals surface area contributed by atoms with Gasteiger partial charge in [0.25, 0.3) is 5.91 Å². The molecule has 0 aromatic rings. The highest BCUT2D eigenvalue weighted by Gasteiger charge is 2.55. The van der Waals surface area contributed by atoms with Crippen molar-refractivity contribution in [1.82, 2.24) is 10.2 Å². The molecule has 2 N–H and O–H groups in total. The van der Waals surface area contributed by atoms with Crippen LogP contribution in [0.5, 0.6) is 0 Å². The number of hydrogen-bond acceptors (Lipinski definition) is 3. The zero-order valence-electron chi connectivity index (χ0n) is 13.8. The van der Waals surface area contributed by atoms with Gasteiger partial charge in [0.1, 0.15) is 11.6 Å². The number of urea groups is 1. The summed E-state index contributed by atoms with van der Waals surface area (Å²) in [5.74, 6) is -1.01. The number of nitrogens with zero attached hydrogens (tertiary/aromatic N) is 1. The molecule has 1 unspecified atom stereocenters. The summed E-state index contributed by atoms with van der Waals surface area (Å²) in [4.78, 5) is 36.7. The van der Waals surface area contributed by atoms with Crippen LogP contribution in [0.15, 0.2) is 0 Å². The van der Waals surface area contributed by atoms with Gasteiger partial charge in [0.2, 0.25) is 0 Å². The van der Waals surface area contributed by atoms with Gasteiger partial charge >= 0.3 is 12.0 Å². The summed E-state index contributed by atoms with van der Waals surface area (Å²) in [5, 5.41) is 11.8. The topological polar surface area (TPSA) is 86.7 Å². The zero-order chi connectivity index (χ0) is 16.7. The first-order valence-corrected chi connectivity index (χ1v) is 8.03. The number of rotatable bonds is 4. The lowest BCUT2D eigenvalue weighted by Gasteiger charge is -2.42. The second-order valence-corrected chi connectivity index (χ2v) is 7.32. The fourth-order valence-electron chi connectivity index (χ4n) is 3.62. The summed E-state index contributed by atoms with van der Waals surface area (Å²) in [6, 6.07) is -1.70. The maximum atomic E-state index is 12.6. The third-order valence-electron chi connectivity index (χ3n) is 5.79. The maximum Gasteiger partial charge on any atom is 0.326 e. The molecular formula is C16H26N2O4. The lowest BCUT2D eigenvalue weighted by Crippen LogP contribution is -2.51. The van der Waals surface area contributed by atoms with Gasteiger partial charge in [0, 0.05) is 0 Å². The molecule has 1 aliphatic heterocycles. The first-order valence-electron chi connectivity index (χ1n) is 8.03. The number of imide groups is 1. The summed E-state index contributed by atoms with van der Waals surface area (Å²) in [6.07, 6.45) is 4.01. The fraction of sp³-hybridized carbons (Fsp3) is 0.812. The minimum Gasteiger partial charge on any atom is -0.480 e. The Hall–Kier alpha value is -1.59. The summed E-state index contributed by atoms with van der Waals surface area (Å²) in [6.45, 7) is 8.01. The van der Waals surface area contributed by atoms with Gasteiger partial charge in [0.05, 0.1) is 0 Å². The van der Waals surface area contributed by atoms with Crippen LogP contribution in [0, 0.1) is 11.3 Å². The van der Waals surface area contributed by atoms with Crippen molar-refractivity contribution < 1.29 is 19.5 Å². The van der Waals surface area contributed by atoms with Crippen molar-refractivity contribution in [2.45, 2.75) is 71.4 Å². The molecule has 1 saturated carbocycles. The number of carboxylic acid groups (broad SMARTS) is 1. The van der Waals surface area contributed by atoms with E-state index in [1.165, 1.54) is 6.92 Å². The van der Waals surface area contributed by atoms with Crippen LogP contribution in [0.4, 0.5) is 4.79 Å². The molecule has 6 nitrogen and oxygen atoms in total. The van der Waals surface area contributed by atoms with E-state index in [-0.39, 0.29) is 11.3 Å². The first kappa shape index (κ1) is 16.8. The second kappa shape index (κ2) is 5.56. The van der Waals surface area contributed by atoms with E-state index in [2.05, 4.69) is 26.1 Å². The quantitative estimate of drug-likeness (QED) is 0.780. The highest BCUT2D eigenvalue weighted by molar-refractivity contribution is 6.09. The summed E-state index contributed by atoms with van der Waals surface area (Å²) in [7, 11) is 0. The van der Waals surface area contributed by atoms with E-state index in [1.54, 1.807) is 0 Å². The molecule has 124 valence electrons. The normalized spacial score (nSPS) is 30.5. The van der Waals surface area contributed by atoms with Gasteiger partial charge in [-0.1, -0.05) is 27.2 Å². The van der Waals surface area contributed by atoms with Crippen LogP contribution >= 0.6 is 0 Å². The molecular weight excluding hydrogens is 284 g/mol. The van der Waals surface area contributed by atoms with Crippen LogP contribution in [-0.4, -0.2) is 39.5 Å². The predicted molar refractivity (Wildman–Crippen MR) is 81.2 cm³/mol. The fourth-order valence-corrected chi connectivity index (χ4v) is 3.62. The van der Waals surface area contributed by atoms with E-state index in [0.717, 1.165) is 24.2 Å². The molecule has 6 heteroatoms. The van der Waals surface area contributed by atoms with Crippen LogP contribution in [-0.2, 0) is 9.59 Å². The van der Waals surface area contributed by atoms with E-state index in [4.69, 9.17) is 5.11 Å². The Morgan fingerprint density at radius 3 is 2.41 bits per heavy atom. The first-order chi connectivity index (χ1) is 10.1. The molecule has 1 saturated heterocycles. The van der Waals surface area contributed by atoms with Crippen LogP contribution in [0.25, 0.3) is 0 Å². The molecule has 22 heavy (non-hydrogen) atoms. The Labute approximate surface area is 131 Å². The summed E-state index contributed by atoms with van der Waals surface area (Å²) in [5.41, 5.74) is -0.664. The van der Waals surface area contributed by atoms with Crippen LogP contribution < -0.4 is 5.32 Å². The number of nitrogens with one attached hydrogen (secondary N) is 1. The Morgan fingerprint density at radius 1 is 1.41 bits per heavy atom. The zero-order valence-corrected chi connectivity index (χ0v) is 13.8. The van der Waals surface area contributed by atoms with Crippen molar-refractivity contribution in [2.24, 2.45) is 11.3 Å². The van der Waals surface area contributed by atoms with E-state index in [1.807, 2.05) is 0 Å². The van der Waals surface area contributed by atoms with Gasteiger partial charge in [-0.3, -0.25) is 4.79 Å².